The summed E-state index contributed by atoms with van der Waals surface area (Å²) in [5.41, 5.74) is 23.9. The Bertz CT molecular complexity index is 3800. The predicted molar refractivity (Wildman–Crippen MR) is 414 cm³/mol. The topological polar surface area (TPSA) is 15.6 Å². The lowest BCUT2D eigenvalue weighted by Gasteiger charge is -2.39. The Morgan fingerprint density at radius 1 is 0.340 bits per heavy atom. The van der Waals surface area contributed by atoms with Crippen molar-refractivity contribution in [2.24, 2.45) is 16.3 Å². The fourth-order valence-corrected chi connectivity index (χ4v) is 12.9. The van der Waals surface area contributed by atoms with Crippen LogP contribution in [0.2, 0.25) is 0 Å². The van der Waals surface area contributed by atoms with Crippen LogP contribution in [0.1, 0.15) is 230 Å². The van der Waals surface area contributed by atoms with Crippen molar-refractivity contribution in [1.29, 1.82) is 0 Å². The van der Waals surface area contributed by atoms with Crippen LogP contribution >= 0.6 is 0 Å². The van der Waals surface area contributed by atoms with E-state index in [9.17, 15) is 0 Å². The van der Waals surface area contributed by atoms with Crippen molar-refractivity contribution in [1.82, 2.24) is 4.90 Å². The second kappa shape index (κ2) is 30.3. The summed E-state index contributed by atoms with van der Waals surface area (Å²) in [4.78, 5) is 6.85. The number of benzene rings is 9. The molecule has 0 unspecified atom stereocenters. The quantitative estimate of drug-likeness (QED) is 0.148. The molecule has 0 bridgehead atoms. The SMILES string of the molecule is CC(C)(C)C1Cc2ccccc2C1.CC(C)(C)N1CCc2ccccc2C1.CC(C)(C)c1ccc2c(c1)CC=C2.CC(C)(C)c1ccc2c(c1)CC=N2.CC(C)(C)c1ccc2c(c1)CCC2.CC(C)(C)c1ccc2ccccc2c1.CC(C)(C)c1ccc2ccccc2c1. The van der Waals surface area contributed by atoms with Gasteiger partial charge in [0.15, 0.2) is 0 Å². The van der Waals surface area contributed by atoms with E-state index in [2.05, 4.69) is 356 Å². The van der Waals surface area contributed by atoms with Crippen LogP contribution in [0.3, 0.4) is 0 Å². The zero-order chi connectivity index (χ0) is 68.4. The molecule has 2 nitrogen and oxygen atoms in total. The molecule has 2 heterocycles. The third kappa shape index (κ3) is 20.4. The summed E-state index contributed by atoms with van der Waals surface area (Å²) >= 11 is 0. The van der Waals surface area contributed by atoms with E-state index in [1.807, 2.05) is 6.21 Å². The summed E-state index contributed by atoms with van der Waals surface area (Å²) in [5.74, 6) is 0.838. The molecule has 0 amide bonds. The number of allylic oxidation sites excluding steroid dienone is 1. The minimum absolute atomic E-state index is 0.240. The number of fused-ring (bicyclic) bond motifs is 7. The van der Waals surface area contributed by atoms with E-state index < -0.39 is 0 Å². The molecule has 2 aliphatic heterocycles. The van der Waals surface area contributed by atoms with Crippen molar-refractivity contribution in [3.05, 3.63) is 272 Å². The number of aryl methyl sites for hydroxylation is 2. The van der Waals surface area contributed by atoms with Gasteiger partial charge >= 0.3 is 0 Å². The summed E-state index contributed by atoms with van der Waals surface area (Å²) in [5, 5.41) is 5.31. The number of rotatable bonds is 0. The highest BCUT2D eigenvalue weighted by atomic mass is 15.2. The first kappa shape index (κ1) is 72.7. The van der Waals surface area contributed by atoms with Gasteiger partial charge in [-0.1, -0.05) is 319 Å². The van der Waals surface area contributed by atoms with Crippen LogP contribution in [0.25, 0.3) is 27.6 Å². The van der Waals surface area contributed by atoms with E-state index in [0.29, 0.717) is 16.4 Å². The summed E-state index contributed by atoms with van der Waals surface area (Å²) < 4.78 is 0. The van der Waals surface area contributed by atoms with E-state index >= 15 is 0 Å². The van der Waals surface area contributed by atoms with Crippen LogP contribution in [0, 0.1) is 11.3 Å². The lowest BCUT2D eigenvalue weighted by molar-refractivity contribution is 0.121. The molecule has 94 heavy (non-hydrogen) atoms. The summed E-state index contributed by atoms with van der Waals surface area (Å²) in [6.07, 6.45) is 16.2. The lowest BCUT2D eigenvalue weighted by Crippen LogP contribution is -2.44. The first-order chi connectivity index (χ1) is 44.0. The molecule has 0 atom stereocenters. The maximum atomic E-state index is 4.30. The maximum absolute atomic E-state index is 4.30. The summed E-state index contributed by atoms with van der Waals surface area (Å²) in [7, 11) is 0. The highest BCUT2D eigenvalue weighted by Gasteiger charge is 2.31. The van der Waals surface area contributed by atoms with Gasteiger partial charge in [0, 0.05) is 31.3 Å². The molecule has 9 aromatic rings. The molecule has 0 saturated heterocycles. The van der Waals surface area contributed by atoms with Gasteiger partial charge in [-0.25, -0.2) is 0 Å². The Morgan fingerprint density at radius 2 is 0.745 bits per heavy atom. The van der Waals surface area contributed by atoms with Gasteiger partial charge in [0.05, 0.1) is 5.69 Å². The molecule has 0 radical (unpaired) electrons. The number of nitrogens with zero attached hydrogens (tertiary/aromatic N) is 2. The van der Waals surface area contributed by atoms with Crippen LogP contribution < -0.4 is 0 Å². The third-order valence-corrected chi connectivity index (χ3v) is 19.7. The van der Waals surface area contributed by atoms with Gasteiger partial charge in [0.1, 0.15) is 0 Å². The Kier molecular flexibility index (Phi) is 23.4. The van der Waals surface area contributed by atoms with E-state index in [-0.39, 0.29) is 21.7 Å². The van der Waals surface area contributed by atoms with Crippen LogP contribution in [-0.2, 0) is 78.6 Å². The van der Waals surface area contributed by atoms with Crippen molar-refractivity contribution in [3.8, 4) is 0 Å². The Hall–Kier alpha value is -7.13. The van der Waals surface area contributed by atoms with Gasteiger partial charge < -0.3 is 0 Å². The molecular weight excluding hydrogens is 1130 g/mol. The zero-order valence-corrected chi connectivity index (χ0v) is 62.2. The summed E-state index contributed by atoms with van der Waals surface area (Å²) in [6.45, 7) is 50.1. The Labute approximate surface area is 571 Å². The molecule has 0 saturated carbocycles. The van der Waals surface area contributed by atoms with Gasteiger partial charge in [-0.15, -0.1) is 0 Å². The van der Waals surface area contributed by atoms with Gasteiger partial charge in [-0.2, -0.15) is 0 Å². The molecule has 0 fully saturated rings. The lowest BCUT2D eigenvalue weighted by atomic mass is 9.79. The van der Waals surface area contributed by atoms with E-state index in [0.717, 1.165) is 31.0 Å². The molecule has 0 N–H and O–H groups in total. The van der Waals surface area contributed by atoms with Gasteiger partial charge in [0.25, 0.3) is 0 Å². The fourth-order valence-electron chi connectivity index (χ4n) is 12.9. The molecule has 9 aromatic carbocycles. The van der Waals surface area contributed by atoms with Crippen LogP contribution in [0.5, 0.6) is 0 Å². The smallest absolute Gasteiger partial charge is 0.0661 e. The van der Waals surface area contributed by atoms with Crippen molar-refractivity contribution in [3.63, 3.8) is 0 Å². The molecule has 0 aromatic heterocycles. The Morgan fingerprint density at radius 3 is 1.24 bits per heavy atom. The van der Waals surface area contributed by atoms with Crippen molar-refractivity contribution in [2.45, 2.75) is 236 Å². The van der Waals surface area contributed by atoms with Crippen LogP contribution in [-0.4, -0.2) is 23.2 Å². The van der Waals surface area contributed by atoms with Crippen molar-refractivity contribution in [2.75, 3.05) is 6.54 Å². The predicted octanol–water partition coefficient (Wildman–Crippen LogP) is 24.8. The summed E-state index contributed by atoms with van der Waals surface area (Å²) in [6, 6.07) is 68.5. The number of hydrogen-bond donors (Lipinski definition) is 0. The van der Waals surface area contributed by atoms with Gasteiger partial charge in [-0.3, -0.25) is 9.89 Å². The highest BCUT2D eigenvalue weighted by molar-refractivity contribution is 5.84. The maximum Gasteiger partial charge on any atom is 0.0661 e. The minimum Gasteiger partial charge on any atom is -0.294 e. The molecule has 5 aliphatic rings. The first-order valence-corrected chi connectivity index (χ1v) is 35.5. The van der Waals surface area contributed by atoms with Crippen LogP contribution in [0.4, 0.5) is 5.69 Å². The van der Waals surface area contributed by atoms with Crippen LogP contribution in [0.15, 0.2) is 199 Å². The second-order valence-electron chi connectivity index (χ2n) is 34.4. The molecular formula is C92H118N2. The van der Waals surface area contributed by atoms with Gasteiger partial charge in [0.2, 0.25) is 0 Å². The van der Waals surface area contributed by atoms with E-state index in [1.54, 1.807) is 22.3 Å². The molecule has 2 heteroatoms. The van der Waals surface area contributed by atoms with E-state index in [4.69, 9.17) is 0 Å². The number of hydrogen-bond acceptors (Lipinski definition) is 2. The molecule has 3 aliphatic carbocycles. The normalized spacial score (nSPS) is 14.9. The molecule has 0 spiro atoms. The second-order valence-corrected chi connectivity index (χ2v) is 34.4. The average molecular weight is 1250 g/mol. The van der Waals surface area contributed by atoms with Crippen molar-refractivity contribution >= 4 is 39.5 Å². The average Bonchev–Trinajstić information content (AvgIpc) is 0.944. The standard InChI is InChI=1S/2C14H16.C13H19N.C13H18.C13H16.C13H18.C12H15N/c2*1-14(2,3)13-9-8-11-6-4-5-7-12(11)10-13;1-13(2,3)14-9-8-11-6-4-5-7-12(11)10-14;2*1-13(2,3)12-8-7-10-5-4-6-11(10)9-12;1-13(2,3)12-8-10-6-4-5-7-11(10)9-12;1-12(2,3)10-4-5-11-9(8-10)6-7-13-11/h2*4-10H,1-3H3;4-7H,8-10H2,1-3H3;7-9H,4-6H2,1-3H3;4-5,7-9H,6H2,1-3H3;4-7,12H,8-9H2,1-3H3;4-5,7-8H,6H2,1-3H3. The minimum atomic E-state index is 0.240. The van der Waals surface area contributed by atoms with Crippen molar-refractivity contribution < 1.29 is 0 Å². The molecule has 14 rings (SSSR count). The van der Waals surface area contributed by atoms with Gasteiger partial charge in [-0.05, 0) is 210 Å². The molecule has 496 valence electrons. The Balaban J connectivity index is 0.000000141. The number of aliphatic imine (C=N–C) groups is 1. The van der Waals surface area contributed by atoms with E-state index in [1.165, 1.54) is 122 Å². The monoisotopic (exact) mass is 1250 g/mol. The third-order valence-electron chi connectivity index (χ3n) is 19.7. The first-order valence-electron chi connectivity index (χ1n) is 35.5. The fraction of sp³-hybridized carbons (Fsp3) is 0.424. The highest BCUT2D eigenvalue weighted by Crippen LogP contribution is 2.39. The zero-order valence-electron chi connectivity index (χ0n) is 62.2. The largest absolute Gasteiger partial charge is 0.294 e.